The molecule has 2 unspecified atom stereocenters. The molecule has 0 aliphatic heterocycles. The van der Waals surface area contributed by atoms with Crippen LogP contribution in [0, 0.1) is 6.92 Å². The number of phosphoric acid groups is 1. The van der Waals surface area contributed by atoms with Gasteiger partial charge in [-0.3, -0.25) is 13.6 Å². The number of aromatic nitrogens is 3. The van der Waals surface area contributed by atoms with E-state index in [0.29, 0.717) is 29.7 Å². The first-order valence-electron chi connectivity index (χ1n) is 17.3. The lowest BCUT2D eigenvalue weighted by Gasteiger charge is -2.31. The van der Waals surface area contributed by atoms with Crippen molar-refractivity contribution in [3.05, 3.63) is 101 Å². The van der Waals surface area contributed by atoms with Crippen LogP contribution in [-0.4, -0.2) is 40.0 Å². The lowest BCUT2D eigenvalue weighted by atomic mass is 9.84. The number of anilines is 2. The van der Waals surface area contributed by atoms with Gasteiger partial charge >= 0.3 is 20.0 Å². The van der Waals surface area contributed by atoms with Crippen LogP contribution in [0.1, 0.15) is 68.7 Å². The molecule has 1 fully saturated rings. The molecular weight excluding hydrogens is 694 g/mol. The summed E-state index contributed by atoms with van der Waals surface area (Å²) in [5.41, 5.74) is 4.32. The van der Waals surface area contributed by atoms with E-state index in [-0.39, 0.29) is 31.2 Å². The Morgan fingerprint density at radius 3 is 2.17 bits per heavy atom. The van der Waals surface area contributed by atoms with E-state index in [9.17, 15) is 17.7 Å². The molecule has 1 aliphatic carbocycles. The van der Waals surface area contributed by atoms with Gasteiger partial charge in [0.05, 0.1) is 24.8 Å². The van der Waals surface area contributed by atoms with E-state index in [1.54, 1.807) is 18.2 Å². The van der Waals surface area contributed by atoms with Crippen molar-refractivity contribution in [3.63, 3.8) is 0 Å². The summed E-state index contributed by atoms with van der Waals surface area (Å²) in [6, 6.07) is 24.1. The van der Waals surface area contributed by atoms with Gasteiger partial charge < -0.3 is 15.1 Å². The van der Waals surface area contributed by atoms with E-state index < -0.39 is 32.1 Å². The molecule has 2 atom stereocenters. The third-order valence-electron chi connectivity index (χ3n) is 8.76. The highest BCUT2D eigenvalue weighted by Gasteiger charge is 2.35. The summed E-state index contributed by atoms with van der Waals surface area (Å²) in [5.74, 6) is 0.198. The Morgan fingerprint density at radius 2 is 1.56 bits per heavy atom. The number of nitrogens with zero attached hydrogens (tertiary/aromatic N) is 3. The van der Waals surface area contributed by atoms with E-state index in [0.717, 1.165) is 40.5 Å². The number of alkyl halides is 3. The second kappa shape index (κ2) is 15.8. The van der Waals surface area contributed by atoms with Gasteiger partial charge in [-0.1, -0.05) is 86.5 Å². The minimum absolute atomic E-state index is 0.0711. The zero-order valence-corrected chi connectivity index (χ0v) is 30.5. The van der Waals surface area contributed by atoms with E-state index in [1.165, 1.54) is 0 Å². The van der Waals surface area contributed by atoms with Crippen molar-refractivity contribution in [1.82, 2.24) is 15.2 Å². The highest BCUT2D eigenvalue weighted by molar-refractivity contribution is 7.48. The minimum Gasteiger partial charge on any atom is -0.402 e. The van der Waals surface area contributed by atoms with Gasteiger partial charge in [0.1, 0.15) is 12.2 Å². The molecule has 5 aromatic rings. The van der Waals surface area contributed by atoms with E-state index in [1.807, 2.05) is 88.4 Å². The van der Waals surface area contributed by atoms with Crippen LogP contribution in [0.4, 0.5) is 24.9 Å². The Balaban J connectivity index is 1.15. The number of benzene rings is 3. The Labute approximate surface area is 301 Å². The lowest BCUT2D eigenvalue weighted by molar-refractivity contribution is -0.115. The van der Waals surface area contributed by atoms with Gasteiger partial charge in [-0.2, -0.15) is 13.2 Å². The highest BCUT2D eigenvalue weighted by Crippen LogP contribution is 2.53. The number of hydrogen-bond acceptors (Lipinski definition) is 10. The van der Waals surface area contributed by atoms with Gasteiger partial charge in [0, 0.05) is 17.1 Å². The summed E-state index contributed by atoms with van der Waals surface area (Å²) in [6.45, 7) is 6.83. The summed E-state index contributed by atoms with van der Waals surface area (Å²) in [4.78, 5) is 4.86. The fraction of sp³-hybridized carbons (Fsp3) is 0.395. The van der Waals surface area contributed by atoms with Crippen molar-refractivity contribution in [3.8, 4) is 11.6 Å². The molecule has 0 spiro atoms. The summed E-state index contributed by atoms with van der Waals surface area (Å²) in [5, 5.41) is 15.0. The van der Waals surface area contributed by atoms with Crippen LogP contribution in [0.15, 0.2) is 83.3 Å². The molecule has 14 heteroatoms. The van der Waals surface area contributed by atoms with Crippen molar-refractivity contribution in [1.29, 1.82) is 0 Å². The molecule has 0 amide bonds. The van der Waals surface area contributed by atoms with Crippen molar-refractivity contribution in [2.24, 2.45) is 0 Å². The molecule has 10 nitrogen and oxygen atoms in total. The van der Waals surface area contributed by atoms with Gasteiger partial charge in [0.15, 0.2) is 0 Å². The average Bonchev–Trinajstić information content (AvgIpc) is 3.58. The predicted octanol–water partition coefficient (Wildman–Crippen LogP) is 10.1. The van der Waals surface area contributed by atoms with Crippen LogP contribution < -0.4 is 10.6 Å². The van der Waals surface area contributed by atoms with Crippen LogP contribution >= 0.6 is 7.82 Å². The first-order valence-corrected chi connectivity index (χ1v) is 18.7. The van der Waals surface area contributed by atoms with Gasteiger partial charge in [-0.15, -0.1) is 5.10 Å². The van der Waals surface area contributed by atoms with Gasteiger partial charge in [-0.05, 0) is 78.5 Å². The smallest absolute Gasteiger partial charge is 0.402 e. The largest absolute Gasteiger partial charge is 0.475 e. The molecule has 0 radical (unpaired) electrons. The lowest BCUT2D eigenvalue weighted by Crippen LogP contribution is -2.31. The second-order valence-corrected chi connectivity index (χ2v) is 15.7. The molecule has 2 heterocycles. The topological polar surface area (TPSA) is 121 Å². The summed E-state index contributed by atoms with van der Waals surface area (Å²) < 4.78 is 76.8. The van der Waals surface area contributed by atoms with Crippen LogP contribution in [0.3, 0.4) is 0 Å². The number of pyridine rings is 1. The molecule has 3 aromatic carbocycles. The summed E-state index contributed by atoms with van der Waals surface area (Å²) in [7, 11) is -3.96. The van der Waals surface area contributed by atoms with Gasteiger partial charge in [0.2, 0.25) is 0 Å². The minimum atomic E-state index is -4.35. The predicted molar refractivity (Wildman–Crippen MR) is 194 cm³/mol. The Hall–Kier alpha value is -4.29. The zero-order valence-electron chi connectivity index (χ0n) is 29.6. The van der Waals surface area contributed by atoms with Gasteiger partial charge in [-0.25, -0.2) is 9.55 Å². The first kappa shape index (κ1) is 37.5. The number of halogens is 3. The fourth-order valence-corrected chi connectivity index (χ4v) is 7.51. The van der Waals surface area contributed by atoms with Crippen molar-refractivity contribution >= 4 is 30.4 Å². The zero-order chi connectivity index (χ0) is 36.9. The fourth-order valence-electron chi connectivity index (χ4n) is 6.14. The average molecular weight is 738 g/mol. The van der Waals surface area contributed by atoms with Crippen LogP contribution in [0.5, 0.6) is 0 Å². The highest BCUT2D eigenvalue weighted by atomic mass is 31.2. The number of aryl methyl sites for hydroxylation is 1. The standard InChI is InChI=1S/C38H43F3N5O5P/c1-25-18-33(44-34-31(25)20-29(42-24-38(39,40)41)21-32(34)37(2,3)4)35-45-46-36(50-35)43-28-16-11-17-30(19-28)51-52(47,48-22-26-12-7-5-8-13-26)49-23-27-14-9-6-10-15-27/h5-10,12-15,18,20-21,28,30,42H,11,16-17,19,22-24H2,1-4H3,(H,43,46). The Kier molecular flexibility index (Phi) is 11.4. The van der Waals surface area contributed by atoms with Crippen molar-refractivity contribution < 1.29 is 35.7 Å². The number of nitrogens with one attached hydrogen (secondary N) is 2. The quantitative estimate of drug-likeness (QED) is 0.113. The summed E-state index contributed by atoms with van der Waals surface area (Å²) in [6.07, 6.45) is -2.00. The number of hydrogen-bond donors (Lipinski definition) is 2. The third-order valence-corrected chi connectivity index (χ3v) is 10.2. The Morgan fingerprint density at radius 1 is 0.904 bits per heavy atom. The third kappa shape index (κ3) is 9.97. The molecule has 2 aromatic heterocycles. The van der Waals surface area contributed by atoms with Crippen LogP contribution in [0.2, 0.25) is 0 Å². The molecule has 0 bridgehead atoms. The summed E-state index contributed by atoms with van der Waals surface area (Å²) >= 11 is 0. The monoisotopic (exact) mass is 737 g/mol. The maximum atomic E-state index is 14.0. The molecule has 1 saturated carbocycles. The Bertz CT molecular complexity index is 1960. The van der Waals surface area contributed by atoms with E-state index in [4.69, 9.17) is 23.0 Å². The van der Waals surface area contributed by atoms with E-state index >= 15 is 0 Å². The molecule has 2 N–H and O–H groups in total. The normalized spacial score (nSPS) is 17.0. The molecule has 0 saturated heterocycles. The van der Waals surface area contributed by atoms with Gasteiger partial charge in [0.25, 0.3) is 5.89 Å². The van der Waals surface area contributed by atoms with E-state index in [2.05, 4.69) is 20.8 Å². The molecule has 1 aliphatic rings. The maximum Gasteiger partial charge on any atom is 0.475 e. The SMILES string of the molecule is Cc1cc(-c2nnc(NC3CCCC(OP(=O)(OCc4ccccc4)OCc4ccccc4)C3)o2)nc2c(C(C)(C)C)cc(NCC(F)(F)F)cc12. The molecular formula is C38H43F3N5O5P. The first-order chi connectivity index (χ1) is 24.7. The number of fused-ring (bicyclic) bond motifs is 1. The van der Waals surface area contributed by atoms with Crippen LogP contribution in [-0.2, 0) is 36.8 Å². The van der Waals surface area contributed by atoms with Crippen molar-refractivity contribution in [2.45, 2.75) is 90.3 Å². The molecule has 6 rings (SSSR count). The second-order valence-electron chi connectivity index (χ2n) is 14.1. The molecule has 276 valence electrons. The number of phosphoric ester groups is 1. The van der Waals surface area contributed by atoms with Crippen LogP contribution in [0.25, 0.3) is 22.5 Å². The maximum absolute atomic E-state index is 14.0. The van der Waals surface area contributed by atoms with Crippen molar-refractivity contribution in [2.75, 3.05) is 17.2 Å². The molecule has 52 heavy (non-hydrogen) atoms. The number of rotatable bonds is 13.